The summed E-state index contributed by atoms with van der Waals surface area (Å²) in [5, 5.41) is 14.3. The fourth-order valence-corrected chi connectivity index (χ4v) is 4.98. The number of amides is 1. The van der Waals surface area contributed by atoms with Gasteiger partial charge in [-0.2, -0.15) is 5.10 Å². The van der Waals surface area contributed by atoms with Crippen LogP contribution in [0, 0.1) is 11.3 Å². The van der Waals surface area contributed by atoms with Crippen LogP contribution in [0.5, 0.6) is 0 Å². The van der Waals surface area contributed by atoms with E-state index in [4.69, 9.17) is 0 Å². The lowest BCUT2D eigenvalue weighted by Gasteiger charge is -2.43. The molecule has 1 amide bonds. The van der Waals surface area contributed by atoms with Crippen LogP contribution in [0.2, 0.25) is 0 Å². The van der Waals surface area contributed by atoms with Crippen molar-refractivity contribution in [2.24, 2.45) is 18.4 Å². The Kier molecular flexibility index (Phi) is 5.11. The third kappa shape index (κ3) is 3.57. The molecule has 3 aliphatic rings. The third-order valence-corrected chi connectivity index (χ3v) is 6.78. The van der Waals surface area contributed by atoms with Crippen molar-refractivity contribution in [1.29, 1.82) is 0 Å². The van der Waals surface area contributed by atoms with Crippen molar-refractivity contribution in [2.45, 2.75) is 45.1 Å². The molecule has 27 heavy (non-hydrogen) atoms. The molecular formula is C19H31N5O3. The highest BCUT2D eigenvalue weighted by Crippen LogP contribution is 2.34. The minimum absolute atomic E-state index is 0.0683. The lowest BCUT2D eigenvalue weighted by Crippen LogP contribution is -2.51. The van der Waals surface area contributed by atoms with Crippen molar-refractivity contribution in [3.05, 3.63) is 16.3 Å². The van der Waals surface area contributed by atoms with E-state index in [1.54, 1.807) is 11.6 Å². The zero-order valence-corrected chi connectivity index (χ0v) is 16.3. The number of carbonyl (C=O) groups is 1. The quantitative estimate of drug-likeness (QED) is 0.788. The Morgan fingerprint density at radius 2 is 1.93 bits per heavy atom. The van der Waals surface area contributed by atoms with E-state index in [1.807, 2.05) is 4.90 Å². The Morgan fingerprint density at radius 3 is 2.59 bits per heavy atom. The number of aryl methyl sites for hydroxylation is 2. The van der Waals surface area contributed by atoms with Gasteiger partial charge in [0.15, 0.2) is 0 Å². The number of carbonyl (C=O) groups excluding carboxylic acids is 1. The summed E-state index contributed by atoms with van der Waals surface area (Å²) in [7, 11) is 1.66. The number of nitrogens with zero attached hydrogens (tertiary/aromatic N) is 5. The van der Waals surface area contributed by atoms with Crippen molar-refractivity contribution in [1.82, 2.24) is 24.1 Å². The van der Waals surface area contributed by atoms with Crippen molar-refractivity contribution < 1.29 is 9.90 Å². The normalized spacial score (nSPS) is 25.6. The highest BCUT2D eigenvalue weighted by atomic mass is 16.3. The Morgan fingerprint density at radius 1 is 1.22 bits per heavy atom. The summed E-state index contributed by atoms with van der Waals surface area (Å²) >= 11 is 0. The molecule has 150 valence electrons. The fourth-order valence-electron chi connectivity index (χ4n) is 4.98. The SMILES string of the molecule is Cn1nc2n(c1=O)CC(C(=O)N1CCC(CO)(CN3CCCC3)CC1)CC2. The van der Waals surface area contributed by atoms with Gasteiger partial charge in [-0.15, -0.1) is 0 Å². The molecule has 1 unspecified atom stereocenters. The predicted molar refractivity (Wildman–Crippen MR) is 100 cm³/mol. The van der Waals surface area contributed by atoms with Crippen LogP contribution in [0.15, 0.2) is 4.79 Å². The minimum Gasteiger partial charge on any atom is -0.396 e. The lowest BCUT2D eigenvalue weighted by molar-refractivity contribution is -0.139. The first-order chi connectivity index (χ1) is 13.0. The van der Waals surface area contributed by atoms with Gasteiger partial charge in [0.25, 0.3) is 0 Å². The monoisotopic (exact) mass is 377 g/mol. The van der Waals surface area contributed by atoms with E-state index in [1.165, 1.54) is 17.5 Å². The van der Waals surface area contributed by atoms with Crippen LogP contribution in [0.25, 0.3) is 0 Å². The van der Waals surface area contributed by atoms with Gasteiger partial charge in [0.05, 0.1) is 12.5 Å². The zero-order valence-electron chi connectivity index (χ0n) is 16.3. The number of aliphatic hydroxyl groups excluding tert-OH is 1. The van der Waals surface area contributed by atoms with Gasteiger partial charge < -0.3 is 14.9 Å². The number of piperidine rings is 1. The molecule has 1 aromatic rings. The van der Waals surface area contributed by atoms with E-state index in [0.717, 1.165) is 44.7 Å². The summed E-state index contributed by atoms with van der Waals surface area (Å²) in [6.07, 6.45) is 5.65. The summed E-state index contributed by atoms with van der Waals surface area (Å²) in [5.41, 5.74) is -0.202. The molecule has 1 N–H and O–H groups in total. The molecule has 0 aromatic carbocycles. The first-order valence-corrected chi connectivity index (χ1v) is 10.3. The zero-order chi connectivity index (χ0) is 19.0. The van der Waals surface area contributed by atoms with Gasteiger partial charge in [0.1, 0.15) is 5.82 Å². The summed E-state index contributed by atoms with van der Waals surface area (Å²) in [6, 6.07) is 0. The fraction of sp³-hybridized carbons (Fsp3) is 0.842. The van der Waals surface area contributed by atoms with E-state index in [0.29, 0.717) is 26.1 Å². The molecule has 0 radical (unpaired) electrons. The van der Waals surface area contributed by atoms with Crippen molar-refractivity contribution in [2.75, 3.05) is 39.3 Å². The lowest BCUT2D eigenvalue weighted by atomic mass is 9.78. The van der Waals surface area contributed by atoms with Crippen LogP contribution in [-0.2, 0) is 24.8 Å². The Balaban J connectivity index is 1.37. The maximum atomic E-state index is 13.0. The molecule has 4 rings (SSSR count). The first kappa shape index (κ1) is 18.7. The molecule has 1 aromatic heterocycles. The van der Waals surface area contributed by atoms with Crippen LogP contribution >= 0.6 is 0 Å². The van der Waals surface area contributed by atoms with Gasteiger partial charge >= 0.3 is 5.69 Å². The second-order valence-electron chi connectivity index (χ2n) is 8.64. The number of rotatable bonds is 4. The molecule has 4 heterocycles. The van der Waals surface area contributed by atoms with Crippen molar-refractivity contribution >= 4 is 5.91 Å². The highest BCUT2D eigenvalue weighted by molar-refractivity contribution is 5.79. The van der Waals surface area contributed by atoms with Gasteiger partial charge in [-0.3, -0.25) is 9.36 Å². The van der Waals surface area contributed by atoms with Crippen LogP contribution in [0.4, 0.5) is 0 Å². The average Bonchev–Trinajstić information content (AvgIpc) is 3.30. The molecule has 2 saturated heterocycles. The van der Waals surface area contributed by atoms with Gasteiger partial charge in [-0.25, -0.2) is 9.48 Å². The number of fused-ring (bicyclic) bond motifs is 1. The van der Waals surface area contributed by atoms with Gasteiger partial charge in [0.2, 0.25) is 5.91 Å². The molecule has 0 bridgehead atoms. The van der Waals surface area contributed by atoms with Gasteiger partial charge in [-0.05, 0) is 45.2 Å². The van der Waals surface area contributed by atoms with Crippen LogP contribution < -0.4 is 5.69 Å². The summed E-state index contributed by atoms with van der Waals surface area (Å²) in [5.74, 6) is 0.804. The van der Waals surface area contributed by atoms with Crippen LogP contribution in [0.3, 0.4) is 0 Å². The molecular weight excluding hydrogens is 346 g/mol. The largest absolute Gasteiger partial charge is 0.396 e. The molecule has 3 aliphatic heterocycles. The molecule has 0 spiro atoms. The summed E-state index contributed by atoms with van der Waals surface area (Å²) in [6.45, 7) is 5.27. The number of hydrogen-bond acceptors (Lipinski definition) is 5. The van der Waals surface area contributed by atoms with Gasteiger partial charge in [-0.1, -0.05) is 0 Å². The molecule has 2 fully saturated rings. The second kappa shape index (κ2) is 7.39. The predicted octanol–water partition coefficient (Wildman–Crippen LogP) is -0.159. The van der Waals surface area contributed by atoms with E-state index >= 15 is 0 Å². The Hall–Kier alpha value is -1.67. The molecule has 0 aliphatic carbocycles. The van der Waals surface area contributed by atoms with E-state index in [9.17, 15) is 14.7 Å². The number of aromatic nitrogens is 3. The van der Waals surface area contributed by atoms with E-state index < -0.39 is 0 Å². The van der Waals surface area contributed by atoms with Crippen LogP contribution in [0.1, 0.15) is 37.9 Å². The molecule has 0 saturated carbocycles. The summed E-state index contributed by atoms with van der Waals surface area (Å²) in [4.78, 5) is 29.6. The third-order valence-electron chi connectivity index (χ3n) is 6.78. The van der Waals surface area contributed by atoms with Crippen molar-refractivity contribution in [3.63, 3.8) is 0 Å². The minimum atomic E-state index is -0.139. The highest BCUT2D eigenvalue weighted by Gasteiger charge is 2.39. The maximum Gasteiger partial charge on any atom is 0.345 e. The smallest absolute Gasteiger partial charge is 0.345 e. The van der Waals surface area contributed by atoms with Gasteiger partial charge in [0, 0.05) is 45.1 Å². The molecule has 8 nitrogen and oxygen atoms in total. The van der Waals surface area contributed by atoms with E-state index in [-0.39, 0.29) is 29.5 Å². The number of hydrogen-bond donors (Lipinski definition) is 1. The van der Waals surface area contributed by atoms with E-state index in [2.05, 4.69) is 10.00 Å². The first-order valence-electron chi connectivity index (χ1n) is 10.3. The molecule has 8 heteroatoms. The maximum absolute atomic E-state index is 13.0. The second-order valence-corrected chi connectivity index (χ2v) is 8.64. The summed E-state index contributed by atoms with van der Waals surface area (Å²) < 4.78 is 3.01. The Bertz CT molecular complexity index is 741. The topological polar surface area (TPSA) is 83.6 Å². The van der Waals surface area contributed by atoms with Crippen LogP contribution in [-0.4, -0.2) is 74.5 Å². The molecule has 1 atom stereocenters. The number of aliphatic hydroxyl groups is 1. The number of likely N-dealkylation sites (tertiary alicyclic amines) is 2. The standard InChI is InChI=1S/C19H31N5O3/c1-21-18(27)24-12-15(4-5-16(24)20-21)17(26)23-10-6-19(14-25,7-11-23)13-22-8-2-3-9-22/h15,25H,2-14H2,1H3. The Labute approximate surface area is 159 Å². The van der Waals surface area contributed by atoms with Crippen molar-refractivity contribution in [3.8, 4) is 0 Å². The average molecular weight is 377 g/mol.